The lowest BCUT2D eigenvalue weighted by molar-refractivity contribution is -0.0692. The molecule has 6 saturated heterocycles. The van der Waals surface area contributed by atoms with E-state index in [9.17, 15) is 0 Å². The molecule has 3 atom stereocenters. The van der Waals surface area contributed by atoms with E-state index in [2.05, 4.69) is 35.9 Å². The third-order valence-corrected chi connectivity index (χ3v) is 12.6. The monoisotopic (exact) mass is 517 g/mol. The van der Waals surface area contributed by atoms with E-state index in [0.717, 1.165) is 57.4 Å². The minimum Gasteiger partial charge on any atom is -0.381 e. The van der Waals surface area contributed by atoms with Crippen LogP contribution in [-0.4, -0.2) is 98.8 Å². The first-order valence-electron chi connectivity index (χ1n) is 15.9. The van der Waals surface area contributed by atoms with Crippen molar-refractivity contribution < 1.29 is 14.2 Å². The lowest BCUT2D eigenvalue weighted by atomic mass is 9.63. The first-order chi connectivity index (χ1) is 17.9. The molecule has 1 unspecified atom stereocenters. The van der Waals surface area contributed by atoms with Crippen molar-refractivity contribution in [2.75, 3.05) is 72.4 Å². The summed E-state index contributed by atoms with van der Waals surface area (Å²) < 4.78 is 17.6. The van der Waals surface area contributed by atoms with Gasteiger partial charge in [-0.25, -0.2) is 0 Å². The third kappa shape index (κ3) is 4.74. The van der Waals surface area contributed by atoms with Crippen molar-refractivity contribution in [3.05, 3.63) is 0 Å². The van der Waals surface area contributed by atoms with Crippen molar-refractivity contribution in [2.24, 2.45) is 23.2 Å². The standard InChI is InChI=1S/C31H55N3O3/c1-25-5-15-33(30(25)10-20-36-21-11-30)17-7-28(2,3)27-6-16-34(31(27)12-22-37-23-13-31)24-26-4-14-32-29(26)8-18-35-19-9-29/h25-27,32H,4-24H2,1-3H3/t25-,26-,27?/m0/s1. The summed E-state index contributed by atoms with van der Waals surface area (Å²) in [6.07, 6.45) is 12.7. The van der Waals surface area contributed by atoms with E-state index >= 15 is 0 Å². The molecule has 0 aromatic heterocycles. The first-order valence-corrected chi connectivity index (χ1v) is 15.9. The summed E-state index contributed by atoms with van der Waals surface area (Å²) in [5.74, 6) is 2.33. The zero-order chi connectivity index (χ0) is 25.6. The maximum Gasteiger partial charge on any atom is 0.0483 e. The van der Waals surface area contributed by atoms with Crippen LogP contribution in [0.5, 0.6) is 0 Å². The van der Waals surface area contributed by atoms with Gasteiger partial charge in [-0.2, -0.15) is 0 Å². The molecule has 6 nitrogen and oxygen atoms in total. The van der Waals surface area contributed by atoms with E-state index < -0.39 is 0 Å². The first kappa shape index (κ1) is 27.0. The van der Waals surface area contributed by atoms with Crippen LogP contribution in [-0.2, 0) is 14.2 Å². The van der Waals surface area contributed by atoms with Gasteiger partial charge in [0.25, 0.3) is 0 Å². The molecule has 6 aliphatic heterocycles. The van der Waals surface area contributed by atoms with E-state index in [1.165, 1.54) is 96.9 Å². The molecular weight excluding hydrogens is 462 g/mol. The molecule has 0 amide bonds. The number of nitrogens with zero attached hydrogens (tertiary/aromatic N) is 2. The molecule has 0 bridgehead atoms. The van der Waals surface area contributed by atoms with Crippen molar-refractivity contribution in [2.45, 2.75) is 102 Å². The van der Waals surface area contributed by atoms with Crippen molar-refractivity contribution in [3.8, 4) is 0 Å². The van der Waals surface area contributed by atoms with Gasteiger partial charge in [-0.15, -0.1) is 0 Å². The Labute approximate surface area is 226 Å². The van der Waals surface area contributed by atoms with E-state index in [1.54, 1.807) is 0 Å². The van der Waals surface area contributed by atoms with Crippen molar-refractivity contribution in [1.82, 2.24) is 15.1 Å². The number of hydrogen-bond acceptors (Lipinski definition) is 6. The number of hydrogen-bond donors (Lipinski definition) is 1. The van der Waals surface area contributed by atoms with Crippen molar-refractivity contribution in [1.29, 1.82) is 0 Å². The van der Waals surface area contributed by atoms with Gasteiger partial charge in [-0.05, 0) is 114 Å². The largest absolute Gasteiger partial charge is 0.381 e. The van der Waals surface area contributed by atoms with Crippen LogP contribution in [0.2, 0.25) is 0 Å². The Morgan fingerprint density at radius 2 is 1.35 bits per heavy atom. The fourth-order valence-electron chi connectivity index (χ4n) is 10.2. The summed E-state index contributed by atoms with van der Waals surface area (Å²) in [7, 11) is 0. The average molecular weight is 518 g/mol. The zero-order valence-electron chi connectivity index (χ0n) is 24.2. The maximum absolute atomic E-state index is 6.00. The highest BCUT2D eigenvalue weighted by molar-refractivity contribution is 5.11. The van der Waals surface area contributed by atoms with Crippen LogP contribution < -0.4 is 5.32 Å². The van der Waals surface area contributed by atoms with Gasteiger partial charge in [0, 0.05) is 62.8 Å². The summed E-state index contributed by atoms with van der Waals surface area (Å²) in [5.41, 5.74) is 1.39. The van der Waals surface area contributed by atoms with Gasteiger partial charge in [0.2, 0.25) is 0 Å². The van der Waals surface area contributed by atoms with Gasteiger partial charge in [0.1, 0.15) is 0 Å². The van der Waals surface area contributed by atoms with Crippen LogP contribution >= 0.6 is 0 Å². The Morgan fingerprint density at radius 1 is 0.757 bits per heavy atom. The predicted octanol–water partition coefficient (Wildman–Crippen LogP) is 4.32. The van der Waals surface area contributed by atoms with Gasteiger partial charge in [0.15, 0.2) is 0 Å². The molecule has 0 saturated carbocycles. The molecule has 0 aromatic carbocycles. The number of likely N-dealkylation sites (tertiary alicyclic amines) is 2. The molecule has 0 aliphatic carbocycles. The van der Waals surface area contributed by atoms with Crippen LogP contribution in [0.25, 0.3) is 0 Å². The predicted molar refractivity (Wildman–Crippen MR) is 148 cm³/mol. The third-order valence-electron chi connectivity index (χ3n) is 12.6. The highest BCUT2D eigenvalue weighted by atomic mass is 16.5. The molecular formula is C31H55N3O3. The van der Waals surface area contributed by atoms with Gasteiger partial charge in [-0.3, -0.25) is 9.80 Å². The molecule has 0 aromatic rings. The second-order valence-corrected chi connectivity index (χ2v) is 14.3. The van der Waals surface area contributed by atoms with E-state index in [4.69, 9.17) is 14.2 Å². The molecule has 3 spiro atoms. The second kappa shape index (κ2) is 10.6. The number of rotatable bonds is 6. The Balaban J connectivity index is 1.17. The summed E-state index contributed by atoms with van der Waals surface area (Å²) in [5, 5.41) is 3.97. The molecule has 0 radical (unpaired) electrons. The minimum atomic E-state index is 0.322. The lowest BCUT2D eigenvalue weighted by Crippen LogP contribution is -2.59. The van der Waals surface area contributed by atoms with E-state index in [1.807, 2.05) is 0 Å². The maximum atomic E-state index is 6.00. The number of nitrogens with one attached hydrogen (secondary N) is 1. The van der Waals surface area contributed by atoms with Crippen LogP contribution in [0.1, 0.15) is 85.0 Å². The zero-order valence-corrected chi connectivity index (χ0v) is 24.2. The normalized spacial score (nSPS) is 36.2. The van der Waals surface area contributed by atoms with Crippen LogP contribution in [0.15, 0.2) is 0 Å². The molecule has 212 valence electrons. The molecule has 6 heteroatoms. The van der Waals surface area contributed by atoms with Crippen LogP contribution in [0.3, 0.4) is 0 Å². The highest BCUT2D eigenvalue weighted by Crippen LogP contribution is 2.53. The summed E-state index contributed by atoms with van der Waals surface area (Å²) in [4.78, 5) is 5.90. The molecule has 6 rings (SSSR count). The second-order valence-electron chi connectivity index (χ2n) is 14.3. The molecule has 37 heavy (non-hydrogen) atoms. The topological polar surface area (TPSA) is 46.2 Å². The van der Waals surface area contributed by atoms with Gasteiger partial charge in [-0.1, -0.05) is 20.8 Å². The molecule has 6 heterocycles. The van der Waals surface area contributed by atoms with Gasteiger partial charge in [0.05, 0.1) is 0 Å². The fourth-order valence-corrected chi connectivity index (χ4v) is 10.2. The van der Waals surface area contributed by atoms with Crippen molar-refractivity contribution >= 4 is 0 Å². The Hall–Kier alpha value is -0.240. The fraction of sp³-hybridized carbons (Fsp3) is 1.00. The van der Waals surface area contributed by atoms with E-state index in [0.29, 0.717) is 22.0 Å². The Bertz CT molecular complexity index is 770. The highest BCUT2D eigenvalue weighted by Gasteiger charge is 2.56. The van der Waals surface area contributed by atoms with Crippen LogP contribution in [0.4, 0.5) is 0 Å². The quantitative estimate of drug-likeness (QED) is 0.566. The SMILES string of the molecule is C[C@H]1CCN(CCC(C)(C)C2CCN(C[C@@H]3CCNC34CCOCC4)C23CCOCC3)C12CCOCC2. The Kier molecular flexibility index (Phi) is 7.74. The summed E-state index contributed by atoms with van der Waals surface area (Å²) in [6.45, 7) is 19.7. The summed E-state index contributed by atoms with van der Waals surface area (Å²) in [6, 6.07) is 0. The van der Waals surface area contributed by atoms with Gasteiger partial charge < -0.3 is 19.5 Å². The van der Waals surface area contributed by atoms with Crippen LogP contribution in [0, 0.1) is 23.2 Å². The smallest absolute Gasteiger partial charge is 0.0483 e. The van der Waals surface area contributed by atoms with Gasteiger partial charge >= 0.3 is 0 Å². The Morgan fingerprint density at radius 3 is 2.03 bits per heavy atom. The van der Waals surface area contributed by atoms with Crippen molar-refractivity contribution in [3.63, 3.8) is 0 Å². The molecule has 6 aliphatic rings. The average Bonchev–Trinajstić information content (AvgIpc) is 3.55. The number of ether oxygens (including phenoxy) is 3. The van der Waals surface area contributed by atoms with E-state index in [-0.39, 0.29) is 0 Å². The summed E-state index contributed by atoms with van der Waals surface area (Å²) >= 11 is 0. The lowest BCUT2D eigenvalue weighted by Gasteiger charge is -2.52. The molecule has 6 fully saturated rings. The minimum absolute atomic E-state index is 0.322. The molecule has 1 N–H and O–H groups in total.